The van der Waals surface area contributed by atoms with Gasteiger partial charge < -0.3 is 0 Å². The molecule has 0 amide bonds. The molecule has 0 spiro atoms. The third-order valence-electron chi connectivity index (χ3n) is 2.17. The summed E-state index contributed by atoms with van der Waals surface area (Å²) >= 11 is 0. The Morgan fingerprint density at radius 3 is 2.27 bits per heavy atom. The van der Waals surface area contributed by atoms with Gasteiger partial charge in [-0.2, -0.15) is 0 Å². The molecule has 0 aliphatic carbocycles. The van der Waals surface area contributed by atoms with E-state index in [1.54, 1.807) is 0 Å². The first-order valence-electron chi connectivity index (χ1n) is 5.40. The topological polar surface area (TPSA) is 0 Å². The van der Waals surface area contributed by atoms with Gasteiger partial charge in [0.1, 0.15) is 0 Å². The molecule has 0 fully saturated rings. The van der Waals surface area contributed by atoms with Crippen LogP contribution in [-0.2, 0) is 0 Å². The van der Waals surface area contributed by atoms with Crippen molar-refractivity contribution >= 4 is 14.1 Å². The number of benzene rings is 1. The van der Waals surface area contributed by atoms with Crippen LogP contribution in [0.2, 0.25) is 19.6 Å². The van der Waals surface area contributed by atoms with Gasteiger partial charge in [-0.1, -0.05) is 67.8 Å². The maximum Gasteiger partial charge on any atom is 0.0687 e. The van der Waals surface area contributed by atoms with Gasteiger partial charge in [-0.25, -0.2) is 0 Å². The predicted molar refractivity (Wildman–Crippen MR) is 72.7 cm³/mol. The monoisotopic (exact) mass is 216 g/mol. The number of hydrogen-bond donors (Lipinski definition) is 0. The molecule has 1 aromatic carbocycles. The lowest BCUT2D eigenvalue weighted by atomic mass is 10.1. The molecular weight excluding hydrogens is 196 g/mol. The van der Waals surface area contributed by atoms with Crippen LogP contribution in [0.1, 0.15) is 11.1 Å². The number of aryl methyl sites for hydroxylation is 1. The molecule has 80 valence electrons. The number of rotatable bonds is 3. The van der Waals surface area contributed by atoms with Crippen molar-refractivity contribution in [2.45, 2.75) is 26.6 Å². The summed E-state index contributed by atoms with van der Waals surface area (Å²) in [6.45, 7) is 9.16. The van der Waals surface area contributed by atoms with Crippen molar-refractivity contribution in [2.75, 3.05) is 0 Å². The second-order valence-electron chi connectivity index (χ2n) is 4.94. The van der Waals surface area contributed by atoms with Crippen LogP contribution in [0.3, 0.4) is 0 Å². The lowest BCUT2D eigenvalue weighted by Gasteiger charge is -2.06. The molecular formula is C14H20Si. The normalized spacial score (nSPS) is 12.8. The van der Waals surface area contributed by atoms with Crippen molar-refractivity contribution in [2.24, 2.45) is 0 Å². The molecule has 0 aliphatic rings. The molecule has 0 radical (unpaired) electrons. The molecule has 1 heteroatoms. The van der Waals surface area contributed by atoms with Crippen LogP contribution in [0, 0.1) is 6.92 Å². The molecule has 0 atom stereocenters. The van der Waals surface area contributed by atoms with Crippen molar-refractivity contribution in [3.05, 3.63) is 53.2 Å². The zero-order chi connectivity index (χ0) is 11.3. The van der Waals surface area contributed by atoms with Gasteiger partial charge in [0, 0.05) is 0 Å². The van der Waals surface area contributed by atoms with Crippen LogP contribution in [0.5, 0.6) is 0 Å². The third-order valence-corrected chi connectivity index (χ3v) is 3.36. The Morgan fingerprint density at radius 1 is 1.00 bits per heavy atom. The van der Waals surface area contributed by atoms with E-state index in [1.807, 2.05) is 0 Å². The van der Waals surface area contributed by atoms with Crippen molar-refractivity contribution < 1.29 is 0 Å². The highest BCUT2D eigenvalue weighted by Gasteiger charge is 2.05. The highest BCUT2D eigenvalue weighted by Crippen LogP contribution is 2.09. The van der Waals surface area contributed by atoms with Crippen LogP contribution >= 0.6 is 0 Å². The second-order valence-corrected chi connectivity index (χ2v) is 10.0. The summed E-state index contributed by atoms with van der Waals surface area (Å²) in [4.78, 5) is 0. The Kier molecular flexibility index (Phi) is 4.10. The highest BCUT2D eigenvalue weighted by molar-refractivity contribution is 6.81. The first-order valence-corrected chi connectivity index (χ1v) is 8.98. The molecule has 0 unspecified atom stereocenters. The van der Waals surface area contributed by atoms with E-state index in [1.165, 1.54) is 11.1 Å². The zero-order valence-corrected chi connectivity index (χ0v) is 11.1. The average Bonchev–Trinajstić information content (AvgIpc) is 2.13. The Labute approximate surface area is 94.4 Å². The van der Waals surface area contributed by atoms with Gasteiger partial charge in [-0.05, 0) is 18.1 Å². The molecule has 0 nitrogen and oxygen atoms in total. The summed E-state index contributed by atoms with van der Waals surface area (Å²) in [5.74, 6) is 0. The molecule has 0 heterocycles. The molecule has 15 heavy (non-hydrogen) atoms. The number of hydrogen-bond acceptors (Lipinski definition) is 0. The summed E-state index contributed by atoms with van der Waals surface area (Å²) in [5, 5.41) is 0. The van der Waals surface area contributed by atoms with Crippen molar-refractivity contribution in [1.82, 2.24) is 0 Å². The van der Waals surface area contributed by atoms with E-state index in [4.69, 9.17) is 0 Å². The van der Waals surface area contributed by atoms with Gasteiger partial charge >= 0.3 is 0 Å². The van der Waals surface area contributed by atoms with Crippen molar-refractivity contribution in [3.63, 3.8) is 0 Å². The maximum atomic E-state index is 2.35. The van der Waals surface area contributed by atoms with Crippen LogP contribution in [0.25, 0.3) is 6.08 Å². The fourth-order valence-electron chi connectivity index (χ4n) is 1.28. The molecule has 0 aliphatic heterocycles. The van der Waals surface area contributed by atoms with Crippen LogP contribution in [0.15, 0.2) is 42.1 Å². The maximum absolute atomic E-state index is 2.35. The minimum Gasteiger partial charge on any atom is -0.0950 e. The molecule has 1 rings (SSSR count). The molecule has 0 saturated heterocycles. The smallest absolute Gasteiger partial charge is 0.0687 e. The van der Waals surface area contributed by atoms with Gasteiger partial charge in [0.15, 0.2) is 0 Å². The fourth-order valence-corrected chi connectivity index (χ4v) is 1.97. The quantitative estimate of drug-likeness (QED) is 0.517. The van der Waals surface area contributed by atoms with E-state index in [-0.39, 0.29) is 0 Å². The largest absolute Gasteiger partial charge is 0.0950 e. The lowest BCUT2D eigenvalue weighted by Crippen LogP contribution is -2.14. The van der Waals surface area contributed by atoms with E-state index in [9.17, 15) is 0 Å². The first kappa shape index (κ1) is 12.0. The summed E-state index contributed by atoms with van der Waals surface area (Å²) in [6.07, 6.45) is 6.49. The zero-order valence-electron chi connectivity index (χ0n) is 10.1. The predicted octanol–water partition coefficient (Wildman–Crippen LogP) is 4.44. The Bertz CT molecular complexity index is 367. The standard InChI is InChI=1S/C14H20Si/c1-13-9-5-6-10-14(13)11-7-8-12-15(2,3)4/h5-12H,1-4H3/b11-7+,12-8+. The van der Waals surface area contributed by atoms with E-state index in [2.05, 4.69) is 74.8 Å². The van der Waals surface area contributed by atoms with E-state index in [0.29, 0.717) is 0 Å². The first-order chi connectivity index (χ1) is 6.99. The summed E-state index contributed by atoms with van der Waals surface area (Å²) < 4.78 is 0. The SMILES string of the molecule is Cc1ccccc1/C=C/C=C/[Si](C)(C)C. The van der Waals surface area contributed by atoms with Crippen LogP contribution in [-0.4, -0.2) is 8.07 Å². The molecule has 0 N–H and O–H groups in total. The van der Waals surface area contributed by atoms with Crippen LogP contribution < -0.4 is 0 Å². The van der Waals surface area contributed by atoms with Gasteiger partial charge in [0.2, 0.25) is 0 Å². The van der Waals surface area contributed by atoms with E-state index in [0.717, 1.165) is 0 Å². The third kappa shape index (κ3) is 4.80. The van der Waals surface area contributed by atoms with Gasteiger partial charge in [-0.15, -0.1) is 0 Å². The summed E-state index contributed by atoms with van der Waals surface area (Å²) in [5.41, 5.74) is 4.98. The van der Waals surface area contributed by atoms with Gasteiger partial charge in [-0.3, -0.25) is 0 Å². The van der Waals surface area contributed by atoms with Crippen LogP contribution in [0.4, 0.5) is 0 Å². The highest BCUT2D eigenvalue weighted by atomic mass is 28.3. The molecule has 0 aromatic heterocycles. The minimum absolute atomic E-state index is 1.04. The summed E-state index contributed by atoms with van der Waals surface area (Å²) in [6, 6.07) is 8.44. The van der Waals surface area contributed by atoms with Gasteiger partial charge in [0.05, 0.1) is 8.07 Å². The minimum atomic E-state index is -1.04. The number of allylic oxidation sites excluding steroid dienone is 2. The summed E-state index contributed by atoms with van der Waals surface area (Å²) in [7, 11) is -1.04. The van der Waals surface area contributed by atoms with E-state index >= 15 is 0 Å². The average molecular weight is 216 g/mol. The second kappa shape index (κ2) is 5.13. The van der Waals surface area contributed by atoms with Gasteiger partial charge in [0.25, 0.3) is 0 Å². The molecule has 0 saturated carbocycles. The van der Waals surface area contributed by atoms with Crippen molar-refractivity contribution in [1.29, 1.82) is 0 Å². The molecule has 1 aromatic rings. The Hall–Kier alpha value is -1.08. The van der Waals surface area contributed by atoms with Crippen molar-refractivity contribution in [3.8, 4) is 0 Å². The Morgan fingerprint density at radius 2 is 1.67 bits per heavy atom. The lowest BCUT2D eigenvalue weighted by molar-refractivity contribution is 1.44. The molecule has 0 bridgehead atoms. The Balaban J connectivity index is 2.67. The fraction of sp³-hybridized carbons (Fsp3) is 0.286. The van der Waals surface area contributed by atoms with E-state index < -0.39 is 8.07 Å².